The number of unbranched alkanes of at least 4 members (excludes halogenated alkanes) is 3. The minimum absolute atomic E-state index is 0.702. The SMILES string of the molecule is C=CCCCCCN1C(C)CNCC1C. The summed E-state index contributed by atoms with van der Waals surface area (Å²) in [4.78, 5) is 2.64. The van der Waals surface area contributed by atoms with E-state index in [1.807, 2.05) is 6.08 Å². The highest BCUT2D eigenvalue weighted by atomic mass is 15.2. The van der Waals surface area contributed by atoms with Crippen LogP contribution in [0.1, 0.15) is 39.5 Å². The lowest BCUT2D eigenvalue weighted by Crippen LogP contribution is -2.55. The molecule has 88 valence electrons. The number of hydrogen-bond donors (Lipinski definition) is 1. The van der Waals surface area contributed by atoms with Crippen LogP contribution in [0.3, 0.4) is 0 Å². The van der Waals surface area contributed by atoms with Crippen molar-refractivity contribution >= 4 is 0 Å². The van der Waals surface area contributed by atoms with E-state index in [4.69, 9.17) is 0 Å². The number of allylic oxidation sites excluding steroid dienone is 1. The molecule has 15 heavy (non-hydrogen) atoms. The molecule has 2 atom stereocenters. The lowest BCUT2D eigenvalue weighted by atomic mass is 10.1. The molecule has 0 radical (unpaired) electrons. The molecule has 1 saturated heterocycles. The van der Waals surface area contributed by atoms with Crippen LogP contribution < -0.4 is 5.32 Å². The van der Waals surface area contributed by atoms with Gasteiger partial charge in [-0.2, -0.15) is 0 Å². The number of nitrogens with one attached hydrogen (secondary N) is 1. The fourth-order valence-corrected chi connectivity index (χ4v) is 2.37. The van der Waals surface area contributed by atoms with Crippen molar-refractivity contribution < 1.29 is 0 Å². The smallest absolute Gasteiger partial charge is 0.0195 e. The highest BCUT2D eigenvalue weighted by Crippen LogP contribution is 2.11. The molecular formula is C13H26N2. The highest BCUT2D eigenvalue weighted by molar-refractivity contribution is 4.82. The van der Waals surface area contributed by atoms with Gasteiger partial charge in [0.15, 0.2) is 0 Å². The summed E-state index contributed by atoms with van der Waals surface area (Å²) in [6, 6.07) is 1.40. The van der Waals surface area contributed by atoms with Crippen molar-refractivity contribution in [1.82, 2.24) is 10.2 Å². The second kappa shape index (κ2) is 7.02. The van der Waals surface area contributed by atoms with Crippen LogP contribution in [0.5, 0.6) is 0 Å². The molecule has 2 nitrogen and oxygen atoms in total. The van der Waals surface area contributed by atoms with E-state index in [1.54, 1.807) is 0 Å². The molecule has 0 aromatic carbocycles. The van der Waals surface area contributed by atoms with Crippen LogP contribution in [0, 0.1) is 0 Å². The van der Waals surface area contributed by atoms with Crippen molar-refractivity contribution in [3.63, 3.8) is 0 Å². The standard InChI is InChI=1S/C13H26N2/c1-4-5-6-7-8-9-15-12(2)10-14-11-13(15)3/h4,12-14H,1,5-11H2,2-3H3. The van der Waals surface area contributed by atoms with Crippen LogP contribution in [-0.4, -0.2) is 36.6 Å². The second-order valence-electron chi connectivity index (χ2n) is 4.73. The van der Waals surface area contributed by atoms with Gasteiger partial charge in [-0.1, -0.05) is 12.5 Å². The first kappa shape index (κ1) is 12.7. The van der Waals surface area contributed by atoms with Gasteiger partial charge in [0.05, 0.1) is 0 Å². The Morgan fingerprint density at radius 2 is 1.87 bits per heavy atom. The molecule has 2 unspecified atom stereocenters. The molecule has 0 amide bonds. The van der Waals surface area contributed by atoms with E-state index >= 15 is 0 Å². The molecule has 0 saturated carbocycles. The zero-order valence-corrected chi connectivity index (χ0v) is 10.3. The summed E-state index contributed by atoms with van der Waals surface area (Å²) in [5, 5.41) is 3.47. The van der Waals surface area contributed by atoms with Crippen molar-refractivity contribution in [2.45, 2.75) is 51.6 Å². The van der Waals surface area contributed by atoms with Gasteiger partial charge in [-0.15, -0.1) is 6.58 Å². The van der Waals surface area contributed by atoms with Crippen molar-refractivity contribution in [2.75, 3.05) is 19.6 Å². The summed E-state index contributed by atoms with van der Waals surface area (Å²) >= 11 is 0. The normalized spacial score (nSPS) is 27.9. The molecule has 1 rings (SSSR count). The first-order valence-electron chi connectivity index (χ1n) is 6.33. The predicted octanol–water partition coefficient (Wildman–Crippen LogP) is 2.42. The number of nitrogens with zero attached hydrogens (tertiary/aromatic N) is 1. The van der Waals surface area contributed by atoms with Crippen LogP contribution in [0.15, 0.2) is 12.7 Å². The van der Waals surface area contributed by atoms with E-state index in [0.29, 0.717) is 12.1 Å². The van der Waals surface area contributed by atoms with E-state index in [1.165, 1.54) is 32.2 Å². The molecule has 1 N–H and O–H groups in total. The van der Waals surface area contributed by atoms with Crippen LogP contribution in [-0.2, 0) is 0 Å². The van der Waals surface area contributed by atoms with Crippen LogP contribution in [0.2, 0.25) is 0 Å². The van der Waals surface area contributed by atoms with Crippen molar-refractivity contribution in [1.29, 1.82) is 0 Å². The van der Waals surface area contributed by atoms with E-state index in [9.17, 15) is 0 Å². The Labute approximate surface area is 94.7 Å². The third-order valence-electron chi connectivity index (χ3n) is 3.34. The average molecular weight is 210 g/mol. The van der Waals surface area contributed by atoms with Gasteiger partial charge in [-0.25, -0.2) is 0 Å². The number of rotatable bonds is 6. The third kappa shape index (κ3) is 4.35. The third-order valence-corrected chi connectivity index (χ3v) is 3.34. The van der Waals surface area contributed by atoms with Crippen LogP contribution in [0.25, 0.3) is 0 Å². The summed E-state index contributed by atoms with van der Waals surface area (Å²) in [7, 11) is 0. The summed E-state index contributed by atoms with van der Waals surface area (Å²) in [6.45, 7) is 12.0. The van der Waals surface area contributed by atoms with Gasteiger partial charge in [0.25, 0.3) is 0 Å². The first-order valence-corrected chi connectivity index (χ1v) is 6.33. The van der Waals surface area contributed by atoms with Gasteiger partial charge in [0, 0.05) is 25.2 Å². The molecule has 1 aliphatic rings. The molecular weight excluding hydrogens is 184 g/mol. The second-order valence-corrected chi connectivity index (χ2v) is 4.73. The first-order chi connectivity index (χ1) is 7.25. The van der Waals surface area contributed by atoms with Crippen molar-refractivity contribution in [3.05, 3.63) is 12.7 Å². The fraction of sp³-hybridized carbons (Fsp3) is 0.846. The summed E-state index contributed by atoms with van der Waals surface area (Å²) in [5.41, 5.74) is 0. The maximum atomic E-state index is 3.75. The number of hydrogen-bond acceptors (Lipinski definition) is 2. The van der Waals surface area contributed by atoms with Gasteiger partial charge in [-0.3, -0.25) is 4.90 Å². The Bertz CT molecular complexity index is 169. The molecule has 0 spiro atoms. The lowest BCUT2D eigenvalue weighted by molar-refractivity contribution is 0.114. The monoisotopic (exact) mass is 210 g/mol. The Kier molecular flexibility index (Phi) is 5.96. The summed E-state index contributed by atoms with van der Waals surface area (Å²) in [5.74, 6) is 0. The largest absolute Gasteiger partial charge is 0.314 e. The van der Waals surface area contributed by atoms with Gasteiger partial charge in [0.2, 0.25) is 0 Å². The zero-order valence-electron chi connectivity index (χ0n) is 10.3. The van der Waals surface area contributed by atoms with Gasteiger partial charge >= 0.3 is 0 Å². The topological polar surface area (TPSA) is 15.3 Å². The van der Waals surface area contributed by atoms with Gasteiger partial charge in [0.1, 0.15) is 0 Å². The van der Waals surface area contributed by atoms with E-state index in [-0.39, 0.29) is 0 Å². The fourth-order valence-electron chi connectivity index (χ4n) is 2.37. The quantitative estimate of drug-likeness (QED) is 0.535. The van der Waals surface area contributed by atoms with E-state index in [2.05, 4.69) is 30.6 Å². The summed E-state index contributed by atoms with van der Waals surface area (Å²) < 4.78 is 0. The van der Waals surface area contributed by atoms with Crippen molar-refractivity contribution in [2.24, 2.45) is 0 Å². The average Bonchev–Trinajstić information content (AvgIpc) is 2.21. The molecule has 1 aliphatic heterocycles. The minimum atomic E-state index is 0.702. The molecule has 2 heteroatoms. The highest BCUT2D eigenvalue weighted by Gasteiger charge is 2.23. The van der Waals surface area contributed by atoms with Crippen molar-refractivity contribution in [3.8, 4) is 0 Å². The Morgan fingerprint density at radius 3 is 2.47 bits per heavy atom. The predicted molar refractivity (Wildman–Crippen MR) is 67.2 cm³/mol. The molecule has 1 heterocycles. The maximum absolute atomic E-state index is 3.75. The Hall–Kier alpha value is -0.340. The lowest BCUT2D eigenvalue weighted by Gasteiger charge is -2.39. The van der Waals surface area contributed by atoms with Crippen LogP contribution in [0.4, 0.5) is 0 Å². The van der Waals surface area contributed by atoms with Gasteiger partial charge < -0.3 is 5.32 Å². The van der Waals surface area contributed by atoms with Gasteiger partial charge in [-0.05, 0) is 39.7 Å². The molecule has 0 aliphatic carbocycles. The van der Waals surface area contributed by atoms with E-state index in [0.717, 1.165) is 13.1 Å². The minimum Gasteiger partial charge on any atom is -0.314 e. The molecule has 0 aromatic heterocycles. The van der Waals surface area contributed by atoms with Crippen LogP contribution >= 0.6 is 0 Å². The Balaban J connectivity index is 2.14. The zero-order chi connectivity index (χ0) is 11.1. The Morgan fingerprint density at radius 1 is 1.20 bits per heavy atom. The molecule has 1 fully saturated rings. The van der Waals surface area contributed by atoms with E-state index < -0.39 is 0 Å². The molecule has 0 aromatic rings. The summed E-state index contributed by atoms with van der Waals surface area (Å²) in [6.07, 6.45) is 7.18. The maximum Gasteiger partial charge on any atom is 0.0195 e. The molecule has 0 bridgehead atoms. The number of piperazine rings is 1.